The van der Waals surface area contributed by atoms with Crippen LogP contribution in [0.1, 0.15) is 61.9 Å². The zero-order chi connectivity index (χ0) is 27.9. The Hall–Kier alpha value is -3.10. The molecule has 0 saturated heterocycles. The van der Waals surface area contributed by atoms with Crippen molar-refractivity contribution in [1.29, 1.82) is 0 Å². The number of aliphatic hydroxyl groups excluding tert-OH is 1. The summed E-state index contributed by atoms with van der Waals surface area (Å²) in [6.45, 7) is 5.59. The Morgan fingerprint density at radius 3 is 2.56 bits per heavy atom. The fraction of sp³-hybridized carbons (Fsp3) is 0.548. The molecular formula is C31H43N3O5. The van der Waals surface area contributed by atoms with Gasteiger partial charge in [-0.25, -0.2) is 0 Å². The van der Waals surface area contributed by atoms with E-state index in [1.54, 1.807) is 24.1 Å². The lowest BCUT2D eigenvalue weighted by Crippen LogP contribution is -2.49. The van der Waals surface area contributed by atoms with E-state index in [1.165, 1.54) is 6.42 Å². The Labute approximate surface area is 232 Å². The molecule has 212 valence electrons. The minimum absolute atomic E-state index is 0.0111. The molecule has 3 atom stereocenters. The van der Waals surface area contributed by atoms with Crippen LogP contribution in [0, 0.1) is 11.8 Å². The predicted octanol–water partition coefficient (Wildman–Crippen LogP) is 4.57. The van der Waals surface area contributed by atoms with Gasteiger partial charge in [0.2, 0.25) is 5.91 Å². The first-order valence-corrected chi connectivity index (χ1v) is 14.1. The highest BCUT2D eigenvalue weighted by molar-refractivity contribution is 6.02. The lowest BCUT2D eigenvalue weighted by Gasteiger charge is -2.38. The molecule has 0 aromatic heterocycles. The maximum atomic E-state index is 13.7. The minimum atomic E-state index is -0.343. The molecule has 1 fully saturated rings. The maximum absolute atomic E-state index is 13.7. The second-order valence-electron chi connectivity index (χ2n) is 11.2. The Bertz CT molecular complexity index is 1120. The van der Waals surface area contributed by atoms with Gasteiger partial charge in [0.05, 0.1) is 31.0 Å². The number of nitrogens with one attached hydrogen (secondary N) is 1. The van der Waals surface area contributed by atoms with Crippen molar-refractivity contribution in [3.05, 3.63) is 53.6 Å². The predicted molar refractivity (Wildman–Crippen MR) is 152 cm³/mol. The molecule has 0 bridgehead atoms. The number of hydrogen-bond donors (Lipinski definition) is 2. The van der Waals surface area contributed by atoms with Crippen molar-refractivity contribution in [1.82, 2.24) is 9.80 Å². The van der Waals surface area contributed by atoms with E-state index in [1.807, 2.05) is 25.1 Å². The fourth-order valence-corrected chi connectivity index (χ4v) is 5.57. The monoisotopic (exact) mass is 537 g/mol. The van der Waals surface area contributed by atoms with Gasteiger partial charge in [-0.05, 0) is 56.6 Å². The SMILES string of the molecule is COc1ccc(CN(C)C[C@H]2Oc3c(NC(=O)C4CCCCC4)cccc3C(=O)N([C@@H](C)CO)C[C@@H]2C)cc1. The van der Waals surface area contributed by atoms with Crippen LogP contribution >= 0.6 is 0 Å². The number of ether oxygens (including phenoxy) is 2. The smallest absolute Gasteiger partial charge is 0.258 e. The van der Waals surface area contributed by atoms with E-state index in [0.717, 1.165) is 43.5 Å². The van der Waals surface area contributed by atoms with Crippen LogP contribution in [0.4, 0.5) is 5.69 Å². The van der Waals surface area contributed by atoms with Gasteiger partial charge in [-0.2, -0.15) is 0 Å². The van der Waals surface area contributed by atoms with E-state index in [-0.39, 0.29) is 42.4 Å². The van der Waals surface area contributed by atoms with E-state index in [2.05, 4.69) is 36.3 Å². The highest BCUT2D eigenvalue weighted by Crippen LogP contribution is 2.36. The van der Waals surface area contributed by atoms with Gasteiger partial charge >= 0.3 is 0 Å². The fourth-order valence-electron chi connectivity index (χ4n) is 5.57. The van der Waals surface area contributed by atoms with Crippen molar-refractivity contribution in [3.8, 4) is 11.5 Å². The largest absolute Gasteiger partial charge is 0.497 e. The number of carbonyl (C=O) groups is 2. The number of fused-ring (bicyclic) bond motifs is 1. The van der Waals surface area contributed by atoms with Crippen LogP contribution in [0.25, 0.3) is 0 Å². The molecule has 4 rings (SSSR count). The summed E-state index contributed by atoms with van der Waals surface area (Å²) in [6, 6.07) is 13.0. The number of methoxy groups -OCH3 is 1. The van der Waals surface area contributed by atoms with Crippen molar-refractivity contribution in [2.75, 3.05) is 39.2 Å². The van der Waals surface area contributed by atoms with Gasteiger partial charge in [0.25, 0.3) is 5.91 Å². The third kappa shape index (κ3) is 7.11. The maximum Gasteiger partial charge on any atom is 0.258 e. The van der Waals surface area contributed by atoms with Gasteiger partial charge < -0.3 is 24.8 Å². The summed E-state index contributed by atoms with van der Waals surface area (Å²) < 4.78 is 11.9. The van der Waals surface area contributed by atoms with Crippen LogP contribution in [-0.4, -0.2) is 72.7 Å². The Morgan fingerprint density at radius 1 is 1.18 bits per heavy atom. The zero-order valence-corrected chi connectivity index (χ0v) is 23.7. The quantitative estimate of drug-likeness (QED) is 0.487. The van der Waals surface area contributed by atoms with E-state index < -0.39 is 0 Å². The first-order valence-electron chi connectivity index (χ1n) is 14.1. The molecule has 1 aliphatic carbocycles. The molecule has 0 unspecified atom stereocenters. The lowest BCUT2D eigenvalue weighted by molar-refractivity contribution is -0.120. The third-order valence-electron chi connectivity index (χ3n) is 8.03. The lowest BCUT2D eigenvalue weighted by atomic mass is 9.88. The standard InChI is InChI=1S/C31H43N3O5/c1-21-17-34(22(2)20-35)31(37)26-11-8-12-27(32-30(36)24-9-6-5-7-10-24)29(26)39-28(21)19-33(3)18-23-13-15-25(38-4)16-14-23/h8,11-16,21-22,24,28,35H,5-7,9-10,17-20H2,1-4H3,(H,32,36)/t21-,22-,28+/m0/s1. The summed E-state index contributed by atoms with van der Waals surface area (Å²) in [6.07, 6.45) is 4.82. The number of amides is 2. The number of carbonyl (C=O) groups excluding carboxylic acids is 2. The number of anilines is 1. The minimum Gasteiger partial charge on any atom is -0.497 e. The van der Waals surface area contributed by atoms with Crippen LogP contribution in [-0.2, 0) is 11.3 Å². The number of rotatable bonds is 9. The van der Waals surface area contributed by atoms with Crippen molar-refractivity contribution in [2.24, 2.45) is 11.8 Å². The normalized spacial score (nSPS) is 21.0. The van der Waals surface area contributed by atoms with Crippen molar-refractivity contribution >= 4 is 17.5 Å². The number of likely N-dealkylation sites (N-methyl/N-ethyl adjacent to an activating group) is 1. The molecule has 1 heterocycles. The van der Waals surface area contributed by atoms with Crippen LogP contribution in [0.3, 0.4) is 0 Å². The number of para-hydroxylation sites is 1. The molecule has 8 nitrogen and oxygen atoms in total. The zero-order valence-electron chi connectivity index (χ0n) is 23.7. The first kappa shape index (κ1) is 28.9. The van der Waals surface area contributed by atoms with E-state index in [4.69, 9.17) is 9.47 Å². The molecule has 2 N–H and O–H groups in total. The Balaban J connectivity index is 1.61. The molecule has 8 heteroatoms. The number of benzene rings is 2. The van der Waals surface area contributed by atoms with Crippen molar-refractivity contribution in [3.63, 3.8) is 0 Å². The first-order chi connectivity index (χ1) is 18.8. The Morgan fingerprint density at radius 2 is 1.90 bits per heavy atom. The summed E-state index contributed by atoms with van der Waals surface area (Å²) >= 11 is 0. The summed E-state index contributed by atoms with van der Waals surface area (Å²) in [5.74, 6) is 0.989. The molecule has 0 radical (unpaired) electrons. The number of nitrogens with zero attached hydrogens (tertiary/aromatic N) is 2. The number of aliphatic hydroxyl groups is 1. The van der Waals surface area contributed by atoms with Gasteiger partial charge in [0.15, 0.2) is 5.75 Å². The summed E-state index contributed by atoms with van der Waals surface area (Å²) in [7, 11) is 3.71. The molecule has 1 aliphatic heterocycles. The molecule has 2 aromatic carbocycles. The van der Waals surface area contributed by atoms with Gasteiger partial charge in [0.1, 0.15) is 11.9 Å². The van der Waals surface area contributed by atoms with E-state index in [0.29, 0.717) is 30.1 Å². The highest BCUT2D eigenvalue weighted by Gasteiger charge is 2.35. The van der Waals surface area contributed by atoms with Gasteiger partial charge in [-0.1, -0.05) is 44.4 Å². The van der Waals surface area contributed by atoms with Gasteiger partial charge in [-0.3, -0.25) is 14.5 Å². The van der Waals surface area contributed by atoms with Gasteiger partial charge in [0, 0.05) is 31.5 Å². The average Bonchev–Trinajstić information content (AvgIpc) is 2.95. The molecule has 0 spiro atoms. The molecule has 39 heavy (non-hydrogen) atoms. The van der Waals surface area contributed by atoms with Crippen LogP contribution in [0.5, 0.6) is 11.5 Å². The second-order valence-corrected chi connectivity index (χ2v) is 11.2. The summed E-state index contributed by atoms with van der Waals surface area (Å²) in [5.41, 5.74) is 2.10. The summed E-state index contributed by atoms with van der Waals surface area (Å²) in [5, 5.41) is 13.0. The molecular weight excluding hydrogens is 494 g/mol. The molecule has 1 saturated carbocycles. The van der Waals surface area contributed by atoms with Crippen molar-refractivity contribution in [2.45, 2.75) is 64.6 Å². The average molecular weight is 538 g/mol. The topological polar surface area (TPSA) is 91.3 Å². The molecule has 2 aliphatic rings. The molecule has 2 amide bonds. The summed E-state index contributed by atoms with van der Waals surface area (Å²) in [4.78, 5) is 30.8. The third-order valence-corrected chi connectivity index (χ3v) is 8.03. The van der Waals surface area contributed by atoms with Crippen LogP contribution < -0.4 is 14.8 Å². The van der Waals surface area contributed by atoms with Crippen molar-refractivity contribution < 1.29 is 24.2 Å². The van der Waals surface area contributed by atoms with E-state index >= 15 is 0 Å². The van der Waals surface area contributed by atoms with Crippen LogP contribution in [0.2, 0.25) is 0 Å². The second kappa shape index (κ2) is 13.3. The Kier molecular flexibility index (Phi) is 9.86. The molecule has 2 aromatic rings. The van der Waals surface area contributed by atoms with Gasteiger partial charge in [-0.15, -0.1) is 0 Å². The number of hydrogen-bond acceptors (Lipinski definition) is 6. The van der Waals surface area contributed by atoms with E-state index in [9.17, 15) is 14.7 Å². The highest BCUT2D eigenvalue weighted by atomic mass is 16.5. The van der Waals surface area contributed by atoms with Crippen LogP contribution in [0.15, 0.2) is 42.5 Å².